The van der Waals surface area contributed by atoms with E-state index >= 15 is 0 Å². The van der Waals surface area contributed by atoms with Crippen LogP contribution in [-0.2, 0) is 0 Å². The Kier molecular flexibility index (Phi) is 8.86. The van der Waals surface area contributed by atoms with Crippen molar-refractivity contribution in [3.05, 3.63) is 54.2 Å². The molecule has 196 valence electrons. The highest BCUT2D eigenvalue weighted by molar-refractivity contribution is 6.07. The maximum atomic E-state index is 13.3. The molecule has 0 radical (unpaired) electrons. The van der Waals surface area contributed by atoms with Crippen molar-refractivity contribution < 1.29 is 24.9 Å². The maximum Gasteiger partial charge on any atom is 0.404 e. The van der Waals surface area contributed by atoms with Crippen molar-refractivity contribution in [3.63, 3.8) is 0 Å². The predicted molar refractivity (Wildman–Crippen MR) is 140 cm³/mol. The highest BCUT2D eigenvalue weighted by Crippen LogP contribution is 2.29. The van der Waals surface area contributed by atoms with Gasteiger partial charge in [0.2, 0.25) is 0 Å². The summed E-state index contributed by atoms with van der Waals surface area (Å²) >= 11 is 0. The molecule has 6 N–H and O–H groups in total. The molecule has 0 spiro atoms. The fourth-order valence-electron chi connectivity index (χ4n) is 4.70. The number of carboxylic acid groups (broad SMARTS) is 1. The van der Waals surface area contributed by atoms with Crippen molar-refractivity contribution in [2.45, 2.75) is 31.7 Å². The molecule has 10 heteroatoms. The Morgan fingerprint density at radius 3 is 2.24 bits per heavy atom. The van der Waals surface area contributed by atoms with Gasteiger partial charge in [-0.05, 0) is 61.8 Å². The first kappa shape index (κ1) is 26.3. The molecule has 4 rings (SSSR count). The number of aromatic nitrogens is 2. The number of hydrogen-bond donors (Lipinski definition) is 6. The number of carbonyl (C=O) groups excluding carboxylic acids is 1. The smallest absolute Gasteiger partial charge is 0.404 e. The van der Waals surface area contributed by atoms with Crippen LogP contribution in [0.25, 0.3) is 22.2 Å². The van der Waals surface area contributed by atoms with Gasteiger partial charge in [-0.1, -0.05) is 18.2 Å². The number of hydrogen-bond acceptors (Lipinski definition) is 7. The Balaban J connectivity index is 1.45. The number of para-hydroxylation sites is 1. The van der Waals surface area contributed by atoms with E-state index < -0.39 is 12.1 Å². The summed E-state index contributed by atoms with van der Waals surface area (Å²) in [5.74, 6) is 1.07. The number of nitrogens with one attached hydrogen (secondary N) is 3. The molecular formula is C27H33N5O5. The first-order valence-corrected chi connectivity index (χ1v) is 12.6. The lowest BCUT2D eigenvalue weighted by atomic mass is 9.82. The van der Waals surface area contributed by atoms with Crippen LogP contribution in [0.5, 0.6) is 0 Å². The van der Waals surface area contributed by atoms with E-state index in [9.17, 15) is 19.8 Å². The van der Waals surface area contributed by atoms with Gasteiger partial charge in [-0.2, -0.15) is 0 Å². The molecule has 2 heterocycles. The number of pyridine rings is 2. The van der Waals surface area contributed by atoms with Crippen LogP contribution in [0.3, 0.4) is 0 Å². The molecule has 2 aromatic heterocycles. The minimum absolute atomic E-state index is 0.158. The van der Waals surface area contributed by atoms with Crippen molar-refractivity contribution in [2.75, 3.05) is 31.6 Å². The Morgan fingerprint density at radius 2 is 1.62 bits per heavy atom. The summed E-state index contributed by atoms with van der Waals surface area (Å²) in [6, 6.07) is 12.4. The Labute approximate surface area is 215 Å². The van der Waals surface area contributed by atoms with Crippen LogP contribution >= 0.6 is 0 Å². The second-order valence-electron chi connectivity index (χ2n) is 9.49. The van der Waals surface area contributed by atoms with E-state index in [1.807, 2.05) is 30.3 Å². The zero-order valence-corrected chi connectivity index (χ0v) is 20.6. The minimum atomic E-state index is -0.987. The largest absolute Gasteiger partial charge is 0.465 e. The van der Waals surface area contributed by atoms with E-state index in [2.05, 4.69) is 20.9 Å². The van der Waals surface area contributed by atoms with Crippen LogP contribution in [0.1, 0.15) is 36.0 Å². The van der Waals surface area contributed by atoms with Crippen molar-refractivity contribution in [3.8, 4) is 11.3 Å². The second kappa shape index (κ2) is 12.5. The lowest BCUT2D eigenvalue weighted by Gasteiger charge is -2.28. The van der Waals surface area contributed by atoms with Gasteiger partial charge in [-0.15, -0.1) is 0 Å². The average molecular weight is 508 g/mol. The summed E-state index contributed by atoms with van der Waals surface area (Å²) in [6.07, 6.45) is 4.45. The number of amides is 2. The number of rotatable bonds is 10. The number of carbonyl (C=O) groups is 2. The molecule has 1 saturated carbocycles. The number of benzene rings is 1. The van der Waals surface area contributed by atoms with Gasteiger partial charge in [0.1, 0.15) is 5.82 Å². The molecule has 1 aromatic carbocycles. The Hall–Kier alpha value is -3.76. The van der Waals surface area contributed by atoms with Gasteiger partial charge >= 0.3 is 6.09 Å². The zero-order chi connectivity index (χ0) is 26.2. The number of aliphatic hydroxyl groups is 2. The van der Waals surface area contributed by atoms with Crippen LogP contribution in [0.2, 0.25) is 0 Å². The van der Waals surface area contributed by atoms with E-state index in [4.69, 9.17) is 10.1 Å². The van der Waals surface area contributed by atoms with Crippen molar-refractivity contribution in [1.29, 1.82) is 0 Å². The van der Waals surface area contributed by atoms with Gasteiger partial charge in [-0.3, -0.25) is 4.79 Å². The molecule has 0 aliphatic heterocycles. The molecule has 0 unspecified atom stereocenters. The number of aliphatic hydroxyl groups excluding tert-OH is 2. The minimum Gasteiger partial charge on any atom is -0.465 e. The summed E-state index contributed by atoms with van der Waals surface area (Å²) in [6.45, 7) is 0.625. The van der Waals surface area contributed by atoms with Crippen LogP contribution in [0.4, 0.5) is 10.6 Å². The molecule has 2 amide bonds. The molecule has 10 nitrogen and oxygen atoms in total. The topological polar surface area (TPSA) is 157 Å². The average Bonchev–Trinajstić information content (AvgIpc) is 2.93. The standard InChI is InChI=1S/C27H33N5O5/c33-15-20(16-34)31-25-10-9-19(14-28-25)24-11-22(21-3-1-2-4-23(21)32-24)26(35)29-12-17-5-7-18(8-6-17)13-30-27(36)37/h1-4,9-11,14,17-18,20,30,33-34H,5-8,12-13,15-16H2,(H,28,31)(H,29,35)(H,36,37). The van der Waals surface area contributed by atoms with E-state index in [-0.39, 0.29) is 19.1 Å². The summed E-state index contributed by atoms with van der Waals surface area (Å²) in [4.78, 5) is 33.1. The van der Waals surface area contributed by atoms with Crippen LogP contribution in [0.15, 0.2) is 48.7 Å². The monoisotopic (exact) mass is 507 g/mol. The van der Waals surface area contributed by atoms with Crippen molar-refractivity contribution >= 4 is 28.7 Å². The van der Waals surface area contributed by atoms with Crippen molar-refractivity contribution in [2.24, 2.45) is 11.8 Å². The molecule has 0 atom stereocenters. The van der Waals surface area contributed by atoms with Gasteiger partial charge in [-0.25, -0.2) is 14.8 Å². The van der Waals surface area contributed by atoms with E-state index in [0.717, 1.165) is 36.6 Å². The number of fused-ring (bicyclic) bond motifs is 1. The molecule has 37 heavy (non-hydrogen) atoms. The van der Waals surface area contributed by atoms with E-state index in [1.165, 1.54) is 0 Å². The van der Waals surface area contributed by atoms with Crippen LogP contribution < -0.4 is 16.0 Å². The highest BCUT2D eigenvalue weighted by atomic mass is 16.4. The molecule has 0 bridgehead atoms. The third kappa shape index (κ3) is 6.93. The van der Waals surface area contributed by atoms with Gasteiger partial charge in [0, 0.05) is 30.2 Å². The number of nitrogens with zero attached hydrogens (tertiary/aromatic N) is 2. The van der Waals surface area contributed by atoms with Gasteiger partial charge in [0.05, 0.1) is 36.0 Å². The third-order valence-electron chi connectivity index (χ3n) is 6.87. The van der Waals surface area contributed by atoms with Crippen LogP contribution in [0, 0.1) is 11.8 Å². The normalized spacial score (nSPS) is 17.5. The fourth-order valence-corrected chi connectivity index (χ4v) is 4.70. The Morgan fingerprint density at radius 1 is 0.946 bits per heavy atom. The molecule has 0 saturated heterocycles. The maximum absolute atomic E-state index is 13.3. The molecule has 3 aromatic rings. The Bertz CT molecular complexity index is 1210. The quantitative estimate of drug-likeness (QED) is 0.245. The van der Waals surface area contributed by atoms with Gasteiger partial charge < -0.3 is 31.3 Å². The first-order chi connectivity index (χ1) is 18.0. The summed E-state index contributed by atoms with van der Waals surface area (Å²) in [5, 5.41) is 36.6. The summed E-state index contributed by atoms with van der Waals surface area (Å²) in [7, 11) is 0. The van der Waals surface area contributed by atoms with Gasteiger partial charge in [0.15, 0.2) is 0 Å². The molecule has 1 aliphatic carbocycles. The fraction of sp³-hybridized carbons (Fsp3) is 0.407. The SMILES string of the molecule is O=C(O)NCC1CCC(CNC(=O)c2cc(-c3ccc(NC(CO)CO)nc3)nc3ccccc23)CC1. The van der Waals surface area contributed by atoms with Gasteiger partial charge in [0.25, 0.3) is 5.91 Å². The first-order valence-electron chi connectivity index (χ1n) is 12.6. The zero-order valence-electron chi connectivity index (χ0n) is 20.6. The summed E-state index contributed by atoms with van der Waals surface area (Å²) in [5.41, 5.74) is 2.61. The lowest BCUT2D eigenvalue weighted by Crippen LogP contribution is -2.34. The molecule has 1 fully saturated rings. The lowest BCUT2D eigenvalue weighted by molar-refractivity contribution is 0.0942. The predicted octanol–water partition coefficient (Wildman–Crippen LogP) is 2.87. The second-order valence-corrected chi connectivity index (χ2v) is 9.49. The van der Waals surface area contributed by atoms with Crippen LogP contribution in [-0.4, -0.2) is 69.6 Å². The van der Waals surface area contributed by atoms with E-state index in [1.54, 1.807) is 18.3 Å². The molecular weight excluding hydrogens is 474 g/mol. The third-order valence-corrected chi connectivity index (χ3v) is 6.87. The molecule has 1 aliphatic rings. The summed E-state index contributed by atoms with van der Waals surface area (Å²) < 4.78 is 0. The highest BCUT2D eigenvalue weighted by Gasteiger charge is 2.23. The van der Waals surface area contributed by atoms with Crippen molar-refractivity contribution in [1.82, 2.24) is 20.6 Å². The number of anilines is 1. The van der Waals surface area contributed by atoms with E-state index in [0.29, 0.717) is 47.5 Å².